The summed E-state index contributed by atoms with van der Waals surface area (Å²) in [5.41, 5.74) is 5.68. The largest absolute Gasteiger partial charge is 0.382 e. The Morgan fingerprint density at radius 3 is 2.49 bits per heavy atom. The zero-order valence-corrected chi connectivity index (χ0v) is 22.4. The highest BCUT2D eigenvalue weighted by Crippen LogP contribution is 2.25. The first kappa shape index (κ1) is 26.2. The van der Waals surface area contributed by atoms with Gasteiger partial charge in [0.25, 0.3) is 11.5 Å². The number of amides is 1. The first-order chi connectivity index (χ1) is 18.9. The predicted octanol–water partition coefficient (Wildman–Crippen LogP) is 5.21. The van der Waals surface area contributed by atoms with Crippen LogP contribution in [0.1, 0.15) is 43.2 Å². The molecule has 1 amide bonds. The zero-order valence-electron chi connectivity index (χ0n) is 22.4. The van der Waals surface area contributed by atoms with E-state index >= 15 is 0 Å². The number of pyridine rings is 1. The molecule has 0 saturated carbocycles. The van der Waals surface area contributed by atoms with Crippen molar-refractivity contribution in [1.82, 2.24) is 24.5 Å². The van der Waals surface area contributed by atoms with Crippen molar-refractivity contribution in [3.63, 3.8) is 0 Å². The quantitative estimate of drug-likeness (QED) is 0.242. The minimum atomic E-state index is -0.257. The summed E-state index contributed by atoms with van der Waals surface area (Å²) in [6, 6.07) is 15.0. The topological polar surface area (TPSA) is 115 Å². The van der Waals surface area contributed by atoms with Gasteiger partial charge in [-0.1, -0.05) is 26.0 Å². The van der Waals surface area contributed by atoms with Gasteiger partial charge >= 0.3 is 0 Å². The van der Waals surface area contributed by atoms with Gasteiger partial charge in [-0.3, -0.25) is 19.9 Å². The van der Waals surface area contributed by atoms with Crippen LogP contribution in [0.15, 0.2) is 65.7 Å². The Balaban J connectivity index is 1.48. The van der Waals surface area contributed by atoms with Crippen LogP contribution in [-0.4, -0.2) is 43.6 Å². The average molecular weight is 525 g/mol. The minimum absolute atomic E-state index is 0.185. The Labute approximate surface area is 226 Å². The number of hydrogen-bond donors (Lipinski definition) is 2. The highest BCUT2D eigenvalue weighted by atomic mass is 16.5. The molecule has 3 heterocycles. The van der Waals surface area contributed by atoms with Gasteiger partial charge in [0.2, 0.25) is 5.95 Å². The molecule has 2 N–H and O–H groups in total. The van der Waals surface area contributed by atoms with Gasteiger partial charge in [0.1, 0.15) is 5.69 Å². The molecule has 9 nitrogen and oxygen atoms in total. The smallest absolute Gasteiger partial charge is 0.270 e. The molecule has 2 aromatic carbocycles. The second-order valence-corrected chi connectivity index (χ2v) is 9.87. The lowest BCUT2D eigenvalue weighted by molar-refractivity contribution is 0.102. The number of ether oxygens (including phenoxy) is 1. The molecule has 0 aliphatic rings. The van der Waals surface area contributed by atoms with Crippen LogP contribution in [0.5, 0.6) is 0 Å². The van der Waals surface area contributed by atoms with Gasteiger partial charge in [-0.05, 0) is 73.2 Å². The SMILES string of the molecule is CCOCCCn1c(NC(=O)c2ccc(-c3ccncc3)cc2)nc2cc3[nH]c(=O)c(CC(C)C)nc3cc21. The highest BCUT2D eigenvalue weighted by molar-refractivity contribution is 6.04. The standard InChI is InChI=1S/C30H32N6O3/c1-4-39-15-5-14-36-27-18-24-23(33-29(38)26(32-24)16-19(2)3)17-25(27)34-30(36)35-28(37)22-8-6-20(7-9-22)21-10-12-31-13-11-21/h6-13,17-19H,4-5,14-16H2,1-3H3,(H,33,38)(H,34,35,37). The van der Waals surface area contributed by atoms with Crippen molar-refractivity contribution in [2.75, 3.05) is 18.5 Å². The van der Waals surface area contributed by atoms with Gasteiger partial charge in [0, 0.05) is 37.7 Å². The number of imidazole rings is 1. The molecule has 5 rings (SSSR count). The van der Waals surface area contributed by atoms with Crippen molar-refractivity contribution in [1.29, 1.82) is 0 Å². The number of fused-ring (bicyclic) bond motifs is 2. The molecular weight excluding hydrogens is 492 g/mol. The van der Waals surface area contributed by atoms with Crippen molar-refractivity contribution in [3.8, 4) is 11.1 Å². The average Bonchev–Trinajstić information content (AvgIpc) is 3.26. The van der Waals surface area contributed by atoms with E-state index < -0.39 is 0 Å². The Morgan fingerprint density at radius 1 is 1.03 bits per heavy atom. The zero-order chi connectivity index (χ0) is 27.4. The second-order valence-electron chi connectivity index (χ2n) is 9.87. The van der Waals surface area contributed by atoms with Crippen LogP contribution in [0.2, 0.25) is 0 Å². The van der Waals surface area contributed by atoms with Crippen molar-refractivity contribution >= 4 is 33.9 Å². The first-order valence-corrected chi connectivity index (χ1v) is 13.3. The molecule has 0 aliphatic carbocycles. The number of carbonyl (C=O) groups is 1. The van der Waals surface area contributed by atoms with Gasteiger partial charge < -0.3 is 14.3 Å². The van der Waals surface area contributed by atoms with E-state index in [2.05, 4.69) is 34.1 Å². The van der Waals surface area contributed by atoms with E-state index in [1.54, 1.807) is 24.5 Å². The van der Waals surface area contributed by atoms with Crippen LogP contribution in [0.4, 0.5) is 5.95 Å². The van der Waals surface area contributed by atoms with Crippen LogP contribution >= 0.6 is 0 Å². The van der Waals surface area contributed by atoms with Gasteiger partial charge in [0.15, 0.2) is 0 Å². The number of hydrogen-bond acceptors (Lipinski definition) is 6. The Morgan fingerprint density at radius 2 is 1.77 bits per heavy atom. The number of aromatic nitrogens is 5. The summed E-state index contributed by atoms with van der Waals surface area (Å²) in [6.45, 7) is 7.92. The summed E-state index contributed by atoms with van der Waals surface area (Å²) in [5.74, 6) is 0.488. The molecule has 3 aromatic heterocycles. The second kappa shape index (κ2) is 11.6. The Bertz CT molecular complexity index is 1660. The molecule has 0 saturated heterocycles. The molecular formula is C30H32N6O3. The summed E-state index contributed by atoms with van der Waals surface area (Å²) >= 11 is 0. The predicted molar refractivity (Wildman–Crippen MR) is 153 cm³/mol. The van der Waals surface area contributed by atoms with E-state index in [0.29, 0.717) is 65.9 Å². The lowest BCUT2D eigenvalue weighted by Crippen LogP contribution is -2.17. The van der Waals surface area contributed by atoms with Gasteiger partial charge in [0.05, 0.1) is 22.1 Å². The molecule has 0 bridgehead atoms. The van der Waals surface area contributed by atoms with Crippen LogP contribution < -0.4 is 10.9 Å². The maximum absolute atomic E-state index is 13.2. The lowest BCUT2D eigenvalue weighted by Gasteiger charge is -2.11. The van der Waals surface area contributed by atoms with E-state index in [4.69, 9.17) is 9.72 Å². The van der Waals surface area contributed by atoms with E-state index in [1.807, 2.05) is 47.9 Å². The monoisotopic (exact) mass is 524 g/mol. The summed E-state index contributed by atoms with van der Waals surface area (Å²) in [7, 11) is 0. The Hall–Kier alpha value is -4.37. The van der Waals surface area contributed by atoms with Gasteiger partial charge in [-0.2, -0.15) is 0 Å². The number of nitrogens with one attached hydrogen (secondary N) is 2. The van der Waals surface area contributed by atoms with E-state index in [9.17, 15) is 9.59 Å². The molecule has 5 aromatic rings. The number of anilines is 1. The first-order valence-electron chi connectivity index (χ1n) is 13.3. The fraction of sp³-hybridized carbons (Fsp3) is 0.300. The third-order valence-corrected chi connectivity index (χ3v) is 6.49. The number of rotatable bonds is 10. The van der Waals surface area contributed by atoms with Crippen LogP contribution in [-0.2, 0) is 17.7 Å². The minimum Gasteiger partial charge on any atom is -0.382 e. The van der Waals surface area contributed by atoms with Gasteiger partial charge in [-0.25, -0.2) is 9.97 Å². The summed E-state index contributed by atoms with van der Waals surface area (Å²) in [5, 5.41) is 2.99. The van der Waals surface area contributed by atoms with Crippen molar-refractivity contribution in [3.05, 3.63) is 82.5 Å². The number of aromatic amines is 1. The number of carbonyl (C=O) groups excluding carboxylic acids is 1. The van der Waals surface area contributed by atoms with Crippen molar-refractivity contribution < 1.29 is 9.53 Å². The van der Waals surface area contributed by atoms with Crippen LogP contribution in [0, 0.1) is 5.92 Å². The molecule has 200 valence electrons. The summed E-state index contributed by atoms with van der Waals surface area (Å²) < 4.78 is 7.52. The molecule has 0 radical (unpaired) electrons. The van der Waals surface area contributed by atoms with Crippen molar-refractivity contribution in [2.45, 2.75) is 40.2 Å². The van der Waals surface area contributed by atoms with Crippen LogP contribution in [0.25, 0.3) is 33.2 Å². The number of aryl methyl sites for hydroxylation is 1. The van der Waals surface area contributed by atoms with Crippen molar-refractivity contribution in [2.24, 2.45) is 5.92 Å². The van der Waals surface area contributed by atoms with E-state index in [0.717, 1.165) is 23.1 Å². The fourth-order valence-electron chi connectivity index (χ4n) is 4.59. The lowest BCUT2D eigenvalue weighted by atomic mass is 10.1. The molecule has 39 heavy (non-hydrogen) atoms. The summed E-state index contributed by atoms with van der Waals surface area (Å²) in [6.07, 6.45) is 4.83. The van der Waals surface area contributed by atoms with Gasteiger partial charge in [-0.15, -0.1) is 0 Å². The van der Waals surface area contributed by atoms with E-state index in [1.165, 1.54) is 0 Å². The number of H-pyrrole nitrogens is 1. The Kier molecular flexibility index (Phi) is 7.79. The highest BCUT2D eigenvalue weighted by Gasteiger charge is 2.17. The third kappa shape index (κ3) is 5.88. The number of benzene rings is 2. The molecule has 9 heteroatoms. The number of nitrogens with zero attached hydrogens (tertiary/aromatic N) is 4. The third-order valence-electron chi connectivity index (χ3n) is 6.49. The van der Waals surface area contributed by atoms with Crippen LogP contribution in [0.3, 0.4) is 0 Å². The molecule has 0 unspecified atom stereocenters. The molecule has 0 spiro atoms. The molecule has 0 aliphatic heterocycles. The fourth-order valence-corrected chi connectivity index (χ4v) is 4.59. The van der Waals surface area contributed by atoms with E-state index in [-0.39, 0.29) is 11.5 Å². The summed E-state index contributed by atoms with van der Waals surface area (Å²) in [4.78, 5) is 42.2. The maximum atomic E-state index is 13.2. The maximum Gasteiger partial charge on any atom is 0.270 e. The molecule has 0 fully saturated rings. The normalized spacial score (nSPS) is 11.5. The molecule has 0 atom stereocenters.